The Labute approximate surface area is 127 Å². The zero-order valence-electron chi connectivity index (χ0n) is 12.0. The van der Waals surface area contributed by atoms with E-state index < -0.39 is 6.10 Å². The van der Waals surface area contributed by atoms with Crippen molar-refractivity contribution < 1.29 is 9.50 Å². The van der Waals surface area contributed by atoms with Crippen LogP contribution in [0.15, 0.2) is 42.9 Å². The average molecular weight is 300 g/mol. The lowest BCUT2D eigenvalue weighted by Crippen LogP contribution is -2.04. The van der Waals surface area contributed by atoms with Crippen LogP contribution in [0.2, 0.25) is 0 Å². The number of hydrogen-bond donors (Lipinski definition) is 3. The second-order valence-corrected chi connectivity index (χ2v) is 5.17. The molecule has 1 aromatic carbocycles. The third kappa shape index (κ3) is 3.23. The van der Waals surface area contributed by atoms with Crippen LogP contribution in [0.1, 0.15) is 35.2 Å². The summed E-state index contributed by atoms with van der Waals surface area (Å²) in [6.45, 7) is 0. The summed E-state index contributed by atoms with van der Waals surface area (Å²) in [4.78, 5) is 7.11. The van der Waals surface area contributed by atoms with Gasteiger partial charge in [-0.1, -0.05) is 18.2 Å². The lowest BCUT2D eigenvalue weighted by Gasteiger charge is -2.09. The van der Waals surface area contributed by atoms with Crippen molar-refractivity contribution in [2.75, 3.05) is 0 Å². The fourth-order valence-electron chi connectivity index (χ4n) is 2.47. The molecule has 5 nitrogen and oxygen atoms in total. The Morgan fingerprint density at radius 3 is 2.82 bits per heavy atom. The Bertz CT molecular complexity index is 723. The third-order valence-corrected chi connectivity index (χ3v) is 3.69. The Kier molecular flexibility index (Phi) is 4.29. The van der Waals surface area contributed by atoms with Gasteiger partial charge in [0.15, 0.2) is 5.82 Å². The predicted octanol–water partition coefficient (Wildman–Crippen LogP) is 2.53. The number of nitrogens with zero attached hydrogens (tertiary/aromatic N) is 2. The normalized spacial score (nSPS) is 12.5. The van der Waals surface area contributed by atoms with Crippen LogP contribution in [-0.4, -0.2) is 25.3 Å². The van der Waals surface area contributed by atoms with Crippen molar-refractivity contribution in [2.24, 2.45) is 0 Å². The molecule has 0 aliphatic rings. The molecule has 0 bridgehead atoms. The largest absolute Gasteiger partial charge is 0.385 e. The molecule has 114 valence electrons. The average Bonchev–Trinajstić information content (AvgIpc) is 3.19. The molecule has 3 rings (SSSR count). The summed E-state index contributed by atoms with van der Waals surface area (Å²) in [6.07, 6.45) is 4.22. The number of H-pyrrole nitrogens is 2. The molecule has 0 amide bonds. The fourth-order valence-corrected chi connectivity index (χ4v) is 2.47. The van der Waals surface area contributed by atoms with Gasteiger partial charge in [0.1, 0.15) is 18.2 Å². The van der Waals surface area contributed by atoms with Gasteiger partial charge in [0.2, 0.25) is 0 Å². The molecule has 0 aliphatic heterocycles. The molecule has 0 radical (unpaired) electrons. The van der Waals surface area contributed by atoms with E-state index >= 15 is 0 Å². The first-order valence-corrected chi connectivity index (χ1v) is 7.16. The standard InChI is InChI=1S/C16H17FN4O/c17-13-4-2-1-3-11(13)9-12-7-8-18-14(12)5-6-15(22)16-19-10-20-21-16/h1-4,7-8,10,15,18,22H,5-6,9H2,(H,19,20,21). The maximum absolute atomic E-state index is 13.7. The molecule has 2 heterocycles. The lowest BCUT2D eigenvalue weighted by atomic mass is 10.0. The van der Waals surface area contributed by atoms with Gasteiger partial charge in [0.05, 0.1) is 0 Å². The number of rotatable bonds is 6. The van der Waals surface area contributed by atoms with Gasteiger partial charge in [0, 0.05) is 18.3 Å². The first kappa shape index (κ1) is 14.5. The van der Waals surface area contributed by atoms with E-state index in [0.29, 0.717) is 30.7 Å². The SMILES string of the molecule is OC(CCc1[nH]ccc1Cc1ccccc1F)c1ncn[nH]1. The van der Waals surface area contributed by atoms with Crippen LogP contribution in [0, 0.1) is 5.82 Å². The number of benzene rings is 1. The molecule has 0 fully saturated rings. The minimum Gasteiger partial charge on any atom is -0.385 e. The van der Waals surface area contributed by atoms with E-state index in [0.717, 1.165) is 11.3 Å². The highest BCUT2D eigenvalue weighted by Crippen LogP contribution is 2.20. The van der Waals surface area contributed by atoms with Crippen LogP contribution in [-0.2, 0) is 12.8 Å². The number of aromatic amines is 2. The zero-order chi connectivity index (χ0) is 15.4. The molecule has 1 unspecified atom stereocenters. The van der Waals surface area contributed by atoms with Crippen LogP contribution in [0.5, 0.6) is 0 Å². The summed E-state index contributed by atoms with van der Waals surface area (Å²) in [5, 5.41) is 16.4. The Morgan fingerprint density at radius 1 is 1.18 bits per heavy atom. The van der Waals surface area contributed by atoms with Gasteiger partial charge in [-0.2, -0.15) is 5.10 Å². The van der Waals surface area contributed by atoms with E-state index in [4.69, 9.17) is 0 Å². The molecule has 22 heavy (non-hydrogen) atoms. The number of aliphatic hydroxyl groups excluding tert-OH is 1. The highest BCUT2D eigenvalue weighted by molar-refractivity contribution is 5.30. The van der Waals surface area contributed by atoms with Crippen molar-refractivity contribution in [3.63, 3.8) is 0 Å². The highest BCUT2D eigenvalue weighted by Gasteiger charge is 2.13. The van der Waals surface area contributed by atoms with E-state index in [2.05, 4.69) is 20.2 Å². The van der Waals surface area contributed by atoms with Gasteiger partial charge in [-0.05, 0) is 36.1 Å². The monoisotopic (exact) mass is 300 g/mol. The maximum atomic E-state index is 13.7. The van der Waals surface area contributed by atoms with Crippen LogP contribution < -0.4 is 0 Å². The number of aliphatic hydroxyl groups is 1. The summed E-state index contributed by atoms with van der Waals surface area (Å²) in [7, 11) is 0. The van der Waals surface area contributed by atoms with Crippen molar-refractivity contribution in [1.29, 1.82) is 0 Å². The quantitative estimate of drug-likeness (QED) is 0.654. The molecule has 0 aliphatic carbocycles. The number of hydrogen-bond acceptors (Lipinski definition) is 3. The first-order valence-electron chi connectivity index (χ1n) is 7.16. The van der Waals surface area contributed by atoms with Crippen molar-refractivity contribution in [3.05, 3.63) is 71.3 Å². The van der Waals surface area contributed by atoms with Crippen molar-refractivity contribution >= 4 is 0 Å². The second kappa shape index (κ2) is 6.53. The van der Waals surface area contributed by atoms with Crippen molar-refractivity contribution in [1.82, 2.24) is 20.2 Å². The minimum atomic E-state index is -0.688. The fraction of sp³-hybridized carbons (Fsp3) is 0.250. The molecule has 2 aromatic heterocycles. The highest BCUT2D eigenvalue weighted by atomic mass is 19.1. The molecule has 6 heteroatoms. The van der Waals surface area contributed by atoms with Crippen molar-refractivity contribution in [2.45, 2.75) is 25.4 Å². The zero-order valence-corrected chi connectivity index (χ0v) is 12.0. The van der Waals surface area contributed by atoms with Gasteiger partial charge < -0.3 is 10.1 Å². The molecular formula is C16H17FN4O. The number of nitrogens with one attached hydrogen (secondary N) is 2. The smallest absolute Gasteiger partial charge is 0.153 e. The topological polar surface area (TPSA) is 77.6 Å². The second-order valence-electron chi connectivity index (χ2n) is 5.17. The van der Waals surface area contributed by atoms with Crippen LogP contribution >= 0.6 is 0 Å². The summed E-state index contributed by atoms with van der Waals surface area (Å²) in [5.74, 6) is 0.263. The van der Waals surface area contributed by atoms with E-state index in [1.807, 2.05) is 18.3 Å². The van der Waals surface area contributed by atoms with Crippen LogP contribution in [0.4, 0.5) is 4.39 Å². The van der Waals surface area contributed by atoms with Crippen LogP contribution in [0.25, 0.3) is 0 Å². The Balaban J connectivity index is 1.66. The van der Waals surface area contributed by atoms with E-state index in [1.54, 1.807) is 12.1 Å². The van der Waals surface area contributed by atoms with Gasteiger partial charge in [-0.25, -0.2) is 9.37 Å². The van der Waals surface area contributed by atoms with Crippen molar-refractivity contribution in [3.8, 4) is 0 Å². The lowest BCUT2D eigenvalue weighted by molar-refractivity contribution is 0.158. The minimum absolute atomic E-state index is 0.198. The van der Waals surface area contributed by atoms with Gasteiger partial charge in [0.25, 0.3) is 0 Å². The molecule has 0 spiro atoms. The van der Waals surface area contributed by atoms with E-state index in [-0.39, 0.29) is 5.82 Å². The molecule has 0 saturated heterocycles. The van der Waals surface area contributed by atoms with Gasteiger partial charge in [-0.3, -0.25) is 5.10 Å². The number of halogens is 1. The van der Waals surface area contributed by atoms with Crippen LogP contribution in [0.3, 0.4) is 0 Å². The Morgan fingerprint density at radius 2 is 2.05 bits per heavy atom. The summed E-state index contributed by atoms with van der Waals surface area (Å²) in [5.41, 5.74) is 2.70. The van der Waals surface area contributed by atoms with Gasteiger partial charge in [-0.15, -0.1) is 0 Å². The summed E-state index contributed by atoms with van der Waals surface area (Å²) >= 11 is 0. The van der Waals surface area contributed by atoms with E-state index in [9.17, 15) is 9.50 Å². The van der Waals surface area contributed by atoms with Gasteiger partial charge >= 0.3 is 0 Å². The maximum Gasteiger partial charge on any atom is 0.153 e. The summed E-state index contributed by atoms with van der Waals surface area (Å²) in [6, 6.07) is 8.72. The third-order valence-electron chi connectivity index (χ3n) is 3.69. The number of aryl methyl sites for hydroxylation is 1. The predicted molar refractivity (Wildman–Crippen MR) is 79.7 cm³/mol. The molecule has 0 saturated carbocycles. The number of aromatic nitrogens is 4. The Hall–Kier alpha value is -2.47. The molecule has 1 atom stereocenters. The first-order chi connectivity index (χ1) is 10.7. The molecule has 3 N–H and O–H groups in total. The summed E-state index contributed by atoms with van der Waals surface area (Å²) < 4.78 is 13.7. The molecule has 3 aromatic rings. The molecular weight excluding hydrogens is 283 g/mol. The van der Waals surface area contributed by atoms with E-state index in [1.165, 1.54) is 12.4 Å².